The maximum absolute atomic E-state index is 10.3. The molecule has 1 aromatic rings. The predicted molar refractivity (Wildman–Crippen MR) is 59.4 cm³/mol. The van der Waals surface area contributed by atoms with Gasteiger partial charge in [0.05, 0.1) is 6.04 Å². The highest BCUT2D eigenvalue weighted by molar-refractivity contribution is 8.14. The van der Waals surface area contributed by atoms with Crippen LogP contribution in [0.15, 0.2) is 23.3 Å². The molecule has 0 aliphatic carbocycles. The molecule has 0 saturated heterocycles. The van der Waals surface area contributed by atoms with Gasteiger partial charge in [-0.05, 0) is 19.1 Å². The van der Waals surface area contributed by atoms with Gasteiger partial charge in [0.25, 0.3) is 6.47 Å². The van der Waals surface area contributed by atoms with E-state index in [0.29, 0.717) is 24.0 Å². The highest BCUT2D eigenvalue weighted by atomic mass is 32.2. The molecule has 1 aromatic heterocycles. The quantitative estimate of drug-likeness (QED) is 0.727. The Bertz CT molecular complexity index is 406. The zero-order chi connectivity index (χ0) is 10.7. The molecule has 2 heterocycles. The number of thioether (sulfide) groups is 1. The van der Waals surface area contributed by atoms with Gasteiger partial charge in [-0.2, -0.15) is 0 Å². The first-order valence-electron chi connectivity index (χ1n) is 4.57. The first-order chi connectivity index (χ1) is 7.31. The van der Waals surface area contributed by atoms with Crippen LogP contribution in [0.25, 0.3) is 0 Å². The minimum Gasteiger partial charge on any atom is -0.426 e. The van der Waals surface area contributed by atoms with Crippen LogP contribution >= 0.6 is 11.8 Å². The lowest BCUT2D eigenvalue weighted by molar-refractivity contribution is -0.120. The first-order valence-corrected chi connectivity index (χ1v) is 5.56. The Morgan fingerprint density at radius 3 is 3.20 bits per heavy atom. The van der Waals surface area contributed by atoms with Crippen LogP contribution in [0.3, 0.4) is 0 Å². The van der Waals surface area contributed by atoms with E-state index in [4.69, 9.17) is 4.74 Å². The number of ether oxygens (including phenoxy) is 1. The Morgan fingerprint density at radius 2 is 2.53 bits per heavy atom. The molecule has 2 rings (SSSR count). The van der Waals surface area contributed by atoms with E-state index in [1.807, 2.05) is 6.92 Å². The van der Waals surface area contributed by atoms with Crippen LogP contribution in [0.5, 0.6) is 5.75 Å². The minimum atomic E-state index is 0.302. The summed E-state index contributed by atoms with van der Waals surface area (Å²) in [6, 6.07) is 3.74. The van der Waals surface area contributed by atoms with Gasteiger partial charge in [-0.1, -0.05) is 0 Å². The fraction of sp³-hybridized carbons (Fsp3) is 0.300. The summed E-state index contributed by atoms with van der Waals surface area (Å²) in [5, 5.41) is 0.847. The molecule has 0 radical (unpaired) electrons. The van der Waals surface area contributed by atoms with E-state index in [1.54, 1.807) is 30.1 Å². The largest absolute Gasteiger partial charge is 0.426 e. The Labute approximate surface area is 91.8 Å². The van der Waals surface area contributed by atoms with Crippen LogP contribution < -0.4 is 4.74 Å². The van der Waals surface area contributed by atoms with Crippen molar-refractivity contribution < 1.29 is 9.53 Å². The van der Waals surface area contributed by atoms with Crippen molar-refractivity contribution in [1.82, 2.24) is 4.98 Å². The molecule has 0 N–H and O–H groups in total. The van der Waals surface area contributed by atoms with Crippen molar-refractivity contribution in [2.75, 3.05) is 5.75 Å². The van der Waals surface area contributed by atoms with E-state index < -0.39 is 0 Å². The Morgan fingerprint density at radius 1 is 1.67 bits per heavy atom. The number of carbonyl (C=O) groups excluding carboxylic acids is 1. The summed E-state index contributed by atoms with van der Waals surface area (Å²) in [4.78, 5) is 18.9. The third-order valence-electron chi connectivity index (χ3n) is 1.95. The number of carbonyl (C=O) groups is 1. The minimum absolute atomic E-state index is 0.302. The maximum atomic E-state index is 10.3. The molecule has 0 spiro atoms. The molecule has 0 fully saturated rings. The lowest BCUT2D eigenvalue weighted by Gasteiger charge is -2.03. The van der Waals surface area contributed by atoms with E-state index in [9.17, 15) is 4.79 Å². The summed E-state index contributed by atoms with van der Waals surface area (Å²) < 4.78 is 4.85. The number of rotatable bonds is 3. The summed E-state index contributed by atoms with van der Waals surface area (Å²) in [5.41, 5.74) is 0.652. The standard InChI is InChI=1S/C10H10N2O2S/c1-7-5-15-10(12-7)9-8(14-6-13)3-2-4-11-9/h2-4,6-7H,5H2,1H3/t7-/m0/s1. The molecule has 15 heavy (non-hydrogen) atoms. The van der Waals surface area contributed by atoms with E-state index >= 15 is 0 Å². The summed E-state index contributed by atoms with van der Waals surface area (Å²) >= 11 is 1.64. The van der Waals surface area contributed by atoms with Crippen molar-refractivity contribution >= 4 is 23.3 Å². The monoisotopic (exact) mass is 222 g/mol. The number of hydrogen-bond donors (Lipinski definition) is 0. The number of aromatic nitrogens is 1. The molecule has 1 atom stereocenters. The van der Waals surface area contributed by atoms with Gasteiger partial charge in [0.15, 0.2) is 5.75 Å². The average molecular weight is 222 g/mol. The van der Waals surface area contributed by atoms with Crippen LogP contribution in [0.2, 0.25) is 0 Å². The second-order valence-corrected chi connectivity index (χ2v) is 4.17. The SMILES string of the molecule is C[C@H]1CSC(c2ncccc2OC=O)=N1. The topological polar surface area (TPSA) is 51.5 Å². The summed E-state index contributed by atoms with van der Waals surface area (Å²) in [6.45, 7) is 2.45. The number of hydrogen-bond acceptors (Lipinski definition) is 5. The van der Waals surface area contributed by atoms with Gasteiger partial charge >= 0.3 is 0 Å². The smallest absolute Gasteiger partial charge is 0.298 e. The molecule has 78 valence electrons. The third kappa shape index (κ3) is 2.18. The van der Waals surface area contributed by atoms with Gasteiger partial charge < -0.3 is 4.74 Å². The van der Waals surface area contributed by atoms with Gasteiger partial charge in [0.2, 0.25) is 0 Å². The van der Waals surface area contributed by atoms with Crippen molar-refractivity contribution in [2.24, 2.45) is 4.99 Å². The second kappa shape index (κ2) is 4.44. The van der Waals surface area contributed by atoms with Crippen molar-refractivity contribution in [3.05, 3.63) is 24.0 Å². The Balaban J connectivity index is 2.34. The van der Waals surface area contributed by atoms with Crippen LogP contribution in [0, 0.1) is 0 Å². The fourth-order valence-electron chi connectivity index (χ4n) is 1.30. The fourth-order valence-corrected chi connectivity index (χ4v) is 2.32. The number of pyridine rings is 1. The lowest BCUT2D eigenvalue weighted by atomic mass is 10.3. The Hall–Kier alpha value is -1.36. The lowest BCUT2D eigenvalue weighted by Crippen LogP contribution is -2.01. The summed E-state index contributed by atoms with van der Waals surface area (Å²) in [5.74, 6) is 1.42. The van der Waals surface area contributed by atoms with Crippen molar-refractivity contribution in [3.63, 3.8) is 0 Å². The van der Waals surface area contributed by atoms with E-state index in [2.05, 4.69) is 9.98 Å². The third-order valence-corrected chi connectivity index (χ3v) is 3.17. The molecule has 1 aliphatic heterocycles. The molecule has 1 aliphatic rings. The van der Waals surface area contributed by atoms with Gasteiger partial charge in [-0.25, -0.2) is 0 Å². The number of nitrogens with zero attached hydrogens (tertiary/aromatic N) is 2. The molecule has 0 saturated carbocycles. The van der Waals surface area contributed by atoms with Gasteiger partial charge in [-0.3, -0.25) is 14.8 Å². The summed E-state index contributed by atoms with van der Waals surface area (Å²) in [7, 11) is 0. The molecule has 0 unspecified atom stereocenters. The number of aliphatic imine (C=N–C) groups is 1. The van der Waals surface area contributed by atoms with Crippen LogP contribution in [0.4, 0.5) is 0 Å². The van der Waals surface area contributed by atoms with Gasteiger partial charge in [-0.15, -0.1) is 11.8 Å². The second-order valence-electron chi connectivity index (χ2n) is 3.16. The zero-order valence-electron chi connectivity index (χ0n) is 8.21. The van der Waals surface area contributed by atoms with Crippen molar-refractivity contribution in [3.8, 4) is 5.75 Å². The molecular weight excluding hydrogens is 212 g/mol. The van der Waals surface area contributed by atoms with E-state index in [0.717, 1.165) is 10.8 Å². The molecule has 5 heteroatoms. The van der Waals surface area contributed by atoms with Gasteiger partial charge in [0, 0.05) is 11.9 Å². The molecular formula is C10H10N2O2S. The zero-order valence-corrected chi connectivity index (χ0v) is 9.03. The molecule has 0 aromatic carbocycles. The first kappa shape index (κ1) is 10.2. The summed E-state index contributed by atoms with van der Waals surface area (Å²) in [6.07, 6.45) is 1.67. The van der Waals surface area contributed by atoms with Crippen LogP contribution in [-0.2, 0) is 4.79 Å². The molecule has 4 nitrogen and oxygen atoms in total. The molecule has 0 amide bonds. The van der Waals surface area contributed by atoms with Crippen LogP contribution in [-0.4, -0.2) is 28.3 Å². The average Bonchev–Trinajstić information content (AvgIpc) is 2.66. The Kier molecular flexibility index (Phi) is 3.01. The van der Waals surface area contributed by atoms with Crippen molar-refractivity contribution in [1.29, 1.82) is 0 Å². The van der Waals surface area contributed by atoms with Gasteiger partial charge in [0.1, 0.15) is 10.7 Å². The molecule has 0 bridgehead atoms. The maximum Gasteiger partial charge on any atom is 0.298 e. The van der Waals surface area contributed by atoms with E-state index in [1.165, 1.54) is 0 Å². The highest BCUT2D eigenvalue weighted by Crippen LogP contribution is 2.27. The van der Waals surface area contributed by atoms with Crippen molar-refractivity contribution in [2.45, 2.75) is 13.0 Å². The van der Waals surface area contributed by atoms with E-state index in [-0.39, 0.29) is 0 Å². The van der Waals surface area contributed by atoms with Crippen LogP contribution in [0.1, 0.15) is 12.6 Å². The highest BCUT2D eigenvalue weighted by Gasteiger charge is 2.19. The predicted octanol–water partition coefficient (Wildman–Crippen LogP) is 1.50. The normalized spacial score (nSPS) is 19.8.